The van der Waals surface area contributed by atoms with Crippen molar-refractivity contribution in [1.29, 1.82) is 0 Å². The fourth-order valence-electron chi connectivity index (χ4n) is 4.19. The summed E-state index contributed by atoms with van der Waals surface area (Å²) in [6.07, 6.45) is 4.78. The first-order valence-corrected chi connectivity index (χ1v) is 11.9. The molecule has 0 saturated heterocycles. The molecule has 0 bridgehead atoms. The third-order valence-electron chi connectivity index (χ3n) is 5.90. The van der Waals surface area contributed by atoms with Gasteiger partial charge in [0.2, 0.25) is 5.91 Å². The fourth-order valence-corrected chi connectivity index (χ4v) is 4.37. The van der Waals surface area contributed by atoms with Gasteiger partial charge >= 0.3 is 0 Å². The molecule has 0 aliphatic heterocycles. The first kappa shape index (κ1) is 24.9. The van der Waals surface area contributed by atoms with Crippen LogP contribution in [-0.2, 0) is 4.79 Å². The minimum atomic E-state index is -0.489. The number of nitrogens with zero attached hydrogens (tertiary/aromatic N) is 3. The van der Waals surface area contributed by atoms with E-state index in [0.29, 0.717) is 35.1 Å². The summed E-state index contributed by atoms with van der Waals surface area (Å²) in [5.74, 6) is 1.26. The molecule has 10 heteroatoms. The van der Waals surface area contributed by atoms with Crippen LogP contribution in [0.25, 0.3) is 10.9 Å². The van der Waals surface area contributed by atoms with E-state index in [-0.39, 0.29) is 23.1 Å². The fraction of sp³-hybridized carbons (Fsp3) is 0.400. The van der Waals surface area contributed by atoms with Crippen molar-refractivity contribution in [2.45, 2.75) is 37.8 Å². The Labute approximate surface area is 208 Å². The standard InChI is InChI=1S/C25H29ClFN5O3/c1-32(2)13-24(33)30-15-4-7-17(8-5-15)35-23-11-18-21(12-22(23)34-3)28-14-29-25(18)31-16-6-9-20(27)19(26)10-16/h6,9-12,14-15,17H,4-5,7-8,13H2,1-3H3,(H,30,33)(H,28,29,31). The number of likely N-dealkylation sites (N-methyl/N-ethyl adjacent to an activating group) is 1. The number of carbonyl (C=O) groups excluding carboxylic acids is 1. The van der Waals surface area contributed by atoms with Crippen molar-refractivity contribution < 1.29 is 18.7 Å². The highest BCUT2D eigenvalue weighted by molar-refractivity contribution is 6.31. The number of benzene rings is 2. The van der Waals surface area contributed by atoms with Gasteiger partial charge in [0.05, 0.1) is 30.3 Å². The summed E-state index contributed by atoms with van der Waals surface area (Å²) in [6.45, 7) is 0.382. The lowest BCUT2D eigenvalue weighted by Gasteiger charge is -2.30. The normalized spacial score (nSPS) is 17.9. The van der Waals surface area contributed by atoms with E-state index in [1.807, 2.05) is 31.1 Å². The van der Waals surface area contributed by atoms with Crippen LogP contribution in [0.1, 0.15) is 25.7 Å². The molecule has 186 valence electrons. The van der Waals surface area contributed by atoms with Crippen molar-refractivity contribution in [2.24, 2.45) is 0 Å². The van der Waals surface area contributed by atoms with Crippen LogP contribution in [0.4, 0.5) is 15.9 Å². The molecule has 1 heterocycles. The summed E-state index contributed by atoms with van der Waals surface area (Å²) in [5.41, 5.74) is 1.27. The van der Waals surface area contributed by atoms with Gasteiger partial charge in [0.1, 0.15) is 18.0 Å². The number of amides is 1. The molecule has 3 aromatic rings. The molecule has 1 aromatic heterocycles. The SMILES string of the molecule is COc1cc2ncnc(Nc3ccc(F)c(Cl)c3)c2cc1OC1CCC(NC(=O)CN(C)C)CC1. The minimum Gasteiger partial charge on any atom is -0.493 e. The van der Waals surface area contributed by atoms with Crippen molar-refractivity contribution in [3.8, 4) is 11.5 Å². The molecule has 8 nitrogen and oxygen atoms in total. The van der Waals surface area contributed by atoms with Crippen LogP contribution in [-0.4, -0.2) is 60.7 Å². The number of anilines is 2. The summed E-state index contributed by atoms with van der Waals surface area (Å²) in [6, 6.07) is 8.21. The molecule has 0 spiro atoms. The van der Waals surface area contributed by atoms with E-state index in [2.05, 4.69) is 20.6 Å². The highest BCUT2D eigenvalue weighted by atomic mass is 35.5. The van der Waals surface area contributed by atoms with Gasteiger partial charge in [0.25, 0.3) is 0 Å². The number of hydrogen-bond donors (Lipinski definition) is 2. The average Bonchev–Trinajstić information content (AvgIpc) is 2.82. The van der Waals surface area contributed by atoms with Crippen LogP contribution < -0.4 is 20.1 Å². The highest BCUT2D eigenvalue weighted by Gasteiger charge is 2.25. The lowest BCUT2D eigenvalue weighted by atomic mass is 9.93. The monoisotopic (exact) mass is 501 g/mol. The molecular formula is C25H29ClFN5O3. The largest absolute Gasteiger partial charge is 0.493 e. The Morgan fingerprint density at radius 1 is 1.14 bits per heavy atom. The number of halogens is 2. The zero-order valence-electron chi connectivity index (χ0n) is 20.0. The molecule has 35 heavy (non-hydrogen) atoms. The first-order chi connectivity index (χ1) is 16.8. The number of ether oxygens (including phenoxy) is 2. The predicted octanol–water partition coefficient (Wildman–Crippen LogP) is 4.54. The Morgan fingerprint density at radius 3 is 2.60 bits per heavy atom. The van der Waals surface area contributed by atoms with Gasteiger partial charge in [-0.3, -0.25) is 4.79 Å². The van der Waals surface area contributed by atoms with Crippen LogP contribution in [0.3, 0.4) is 0 Å². The van der Waals surface area contributed by atoms with Crippen molar-refractivity contribution in [1.82, 2.24) is 20.2 Å². The number of carbonyl (C=O) groups is 1. The number of fused-ring (bicyclic) bond motifs is 1. The minimum absolute atomic E-state index is 0.000274. The van der Waals surface area contributed by atoms with Crippen molar-refractivity contribution in [2.75, 3.05) is 33.1 Å². The number of nitrogens with one attached hydrogen (secondary N) is 2. The highest BCUT2D eigenvalue weighted by Crippen LogP contribution is 2.37. The van der Waals surface area contributed by atoms with Gasteiger partial charge in [-0.05, 0) is 64.0 Å². The van der Waals surface area contributed by atoms with E-state index < -0.39 is 5.82 Å². The van der Waals surface area contributed by atoms with E-state index in [9.17, 15) is 9.18 Å². The van der Waals surface area contributed by atoms with Crippen molar-refractivity contribution >= 4 is 39.9 Å². The molecule has 0 radical (unpaired) electrons. The maximum atomic E-state index is 13.5. The maximum Gasteiger partial charge on any atom is 0.234 e. The number of aromatic nitrogens is 2. The third-order valence-corrected chi connectivity index (χ3v) is 6.19. The maximum absolute atomic E-state index is 13.5. The molecule has 0 atom stereocenters. The van der Waals surface area contributed by atoms with Gasteiger partial charge in [-0.1, -0.05) is 11.6 Å². The lowest BCUT2D eigenvalue weighted by molar-refractivity contribution is -0.122. The zero-order valence-corrected chi connectivity index (χ0v) is 20.7. The summed E-state index contributed by atoms with van der Waals surface area (Å²) >= 11 is 5.92. The van der Waals surface area contributed by atoms with Crippen LogP contribution in [0.5, 0.6) is 11.5 Å². The number of rotatable bonds is 8. The Morgan fingerprint density at radius 2 is 1.91 bits per heavy atom. The topological polar surface area (TPSA) is 88.6 Å². The van der Waals surface area contributed by atoms with E-state index in [1.54, 1.807) is 13.2 Å². The molecule has 0 unspecified atom stereocenters. The Balaban J connectivity index is 1.49. The number of methoxy groups -OCH3 is 1. The van der Waals surface area contributed by atoms with Crippen LogP contribution >= 0.6 is 11.6 Å². The molecule has 2 aromatic carbocycles. The molecule has 4 rings (SSSR count). The van der Waals surface area contributed by atoms with Gasteiger partial charge in [-0.25, -0.2) is 14.4 Å². The summed E-state index contributed by atoms with van der Waals surface area (Å²) < 4.78 is 25.5. The van der Waals surface area contributed by atoms with E-state index in [4.69, 9.17) is 21.1 Å². The Hall–Kier alpha value is -3.17. The van der Waals surface area contributed by atoms with Gasteiger partial charge in [0.15, 0.2) is 11.5 Å². The van der Waals surface area contributed by atoms with Gasteiger partial charge in [-0.15, -0.1) is 0 Å². The molecule has 1 fully saturated rings. The number of hydrogen-bond acceptors (Lipinski definition) is 7. The molecular weight excluding hydrogens is 473 g/mol. The average molecular weight is 502 g/mol. The van der Waals surface area contributed by atoms with E-state index >= 15 is 0 Å². The summed E-state index contributed by atoms with van der Waals surface area (Å²) in [4.78, 5) is 22.6. The lowest BCUT2D eigenvalue weighted by Crippen LogP contribution is -2.43. The van der Waals surface area contributed by atoms with Crippen molar-refractivity contribution in [3.63, 3.8) is 0 Å². The molecule has 1 saturated carbocycles. The molecule has 2 N–H and O–H groups in total. The second kappa shape index (κ2) is 11.0. The zero-order chi connectivity index (χ0) is 24.9. The molecule has 1 aliphatic rings. The third kappa shape index (κ3) is 6.29. The van der Waals surface area contributed by atoms with Crippen LogP contribution in [0.2, 0.25) is 5.02 Å². The van der Waals surface area contributed by atoms with Crippen LogP contribution in [0, 0.1) is 5.82 Å². The predicted molar refractivity (Wildman–Crippen MR) is 134 cm³/mol. The first-order valence-electron chi connectivity index (χ1n) is 11.5. The Bertz CT molecular complexity index is 1200. The van der Waals surface area contributed by atoms with Gasteiger partial charge < -0.3 is 25.0 Å². The Kier molecular flexibility index (Phi) is 7.87. The quantitative estimate of drug-likeness (QED) is 0.468. The van der Waals surface area contributed by atoms with Gasteiger partial charge in [0, 0.05) is 23.2 Å². The molecule has 1 aliphatic carbocycles. The van der Waals surface area contributed by atoms with E-state index in [1.165, 1.54) is 18.5 Å². The second-order valence-corrected chi connectivity index (χ2v) is 9.30. The smallest absolute Gasteiger partial charge is 0.234 e. The second-order valence-electron chi connectivity index (χ2n) is 8.89. The van der Waals surface area contributed by atoms with Gasteiger partial charge in [-0.2, -0.15) is 0 Å². The summed E-state index contributed by atoms with van der Waals surface area (Å²) in [7, 11) is 5.34. The molecule has 1 amide bonds. The van der Waals surface area contributed by atoms with Crippen LogP contribution in [0.15, 0.2) is 36.7 Å². The van der Waals surface area contributed by atoms with E-state index in [0.717, 1.165) is 31.1 Å². The van der Waals surface area contributed by atoms with Crippen molar-refractivity contribution in [3.05, 3.63) is 47.5 Å². The summed E-state index contributed by atoms with van der Waals surface area (Å²) in [5, 5.41) is 7.03.